The van der Waals surface area contributed by atoms with Crippen LogP contribution < -0.4 is 10.6 Å². The first-order chi connectivity index (χ1) is 8.33. The summed E-state index contributed by atoms with van der Waals surface area (Å²) in [6, 6.07) is 6.27. The molecule has 0 radical (unpaired) electrons. The largest absolute Gasteiger partial charge is 0.368 e. The summed E-state index contributed by atoms with van der Waals surface area (Å²) in [4.78, 5) is 2.33. The molecule has 1 saturated heterocycles. The molecule has 0 spiro atoms. The Hall–Kier alpha value is -1.59. The zero-order valence-corrected chi connectivity index (χ0v) is 9.90. The summed E-state index contributed by atoms with van der Waals surface area (Å²) in [6.07, 6.45) is 2.21. The molecule has 5 heteroatoms. The summed E-state index contributed by atoms with van der Waals surface area (Å²) in [7, 11) is 2.15. The molecule has 0 bridgehead atoms. The Morgan fingerprint density at radius 1 is 1.47 bits per heavy atom. The number of likely N-dealkylation sites (N-methyl/N-ethyl adjacent to an activating group) is 1. The number of hydrogen-bond donors (Lipinski definition) is 3. The van der Waals surface area contributed by atoms with Gasteiger partial charge in [-0.2, -0.15) is 5.10 Å². The maximum Gasteiger partial charge on any atom is 0.0919 e. The van der Waals surface area contributed by atoms with Gasteiger partial charge in [0, 0.05) is 30.7 Å². The van der Waals surface area contributed by atoms with Crippen LogP contribution in [0.15, 0.2) is 24.4 Å². The van der Waals surface area contributed by atoms with E-state index in [2.05, 4.69) is 51.0 Å². The summed E-state index contributed by atoms with van der Waals surface area (Å²) in [5.41, 5.74) is 2.21. The van der Waals surface area contributed by atoms with E-state index in [0.717, 1.165) is 36.2 Å². The number of rotatable bonds is 2. The lowest BCUT2D eigenvalue weighted by Gasteiger charge is -2.34. The Kier molecular flexibility index (Phi) is 2.70. The van der Waals surface area contributed by atoms with Gasteiger partial charge < -0.3 is 10.6 Å². The van der Waals surface area contributed by atoms with Crippen LogP contribution in [0.3, 0.4) is 0 Å². The lowest BCUT2D eigenvalue weighted by Crippen LogP contribution is -2.52. The number of nitrogens with one attached hydrogen (secondary N) is 3. The fourth-order valence-corrected chi connectivity index (χ4v) is 2.19. The second-order valence-corrected chi connectivity index (χ2v) is 4.52. The third-order valence-electron chi connectivity index (χ3n) is 3.28. The summed E-state index contributed by atoms with van der Waals surface area (Å²) >= 11 is 0. The fraction of sp³-hybridized carbons (Fsp3) is 0.417. The van der Waals surface area contributed by atoms with Crippen LogP contribution in [0.4, 0.5) is 5.69 Å². The summed E-state index contributed by atoms with van der Waals surface area (Å²) in [5.74, 6) is 0. The highest BCUT2D eigenvalue weighted by molar-refractivity contribution is 5.81. The first-order valence-corrected chi connectivity index (χ1v) is 5.93. The number of H-pyrrole nitrogens is 1. The van der Waals surface area contributed by atoms with E-state index < -0.39 is 0 Å². The number of aromatic nitrogens is 2. The third-order valence-corrected chi connectivity index (χ3v) is 3.28. The Balaban J connectivity index is 1.79. The van der Waals surface area contributed by atoms with Crippen LogP contribution in [0, 0.1) is 0 Å². The lowest BCUT2D eigenvalue weighted by molar-refractivity contribution is 0.221. The molecule has 3 rings (SSSR count). The maximum atomic E-state index is 4.03. The molecule has 2 heterocycles. The molecule has 17 heavy (non-hydrogen) atoms. The number of anilines is 1. The molecule has 2 aromatic rings. The van der Waals surface area contributed by atoms with Crippen molar-refractivity contribution < 1.29 is 0 Å². The Labute approximate surface area is 100 Å². The van der Waals surface area contributed by atoms with Gasteiger partial charge in [0.05, 0.1) is 17.9 Å². The predicted molar refractivity (Wildman–Crippen MR) is 69.0 cm³/mol. The van der Waals surface area contributed by atoms with E-state index in [4.69, 9.17) is 0 Å². The summed E-state index contributed by atoms with van der Waals surface area (Å²) in [6.45, 7) is 3.11. The van der Waals surface area contributed by atoms with Crippen LogP contribution in [0.1, 0.15) is 0 Å². The SMILES string of the molecule is CN1CCNCC1Nc1ccc2[nH]ncc2c1. The van der Waals surface area contributed by atoms with Crippen LogP contribution >= 0.6 is 0 Å². The second kappa shape index (κ2) is 4.35. The van der Waals surface area contributed by atoms with E-state index in [1.807, 2.05) is 6.20 Å². The number of aromatic amines is 1. The normalized spacial score (nSPS) is 21.8. The number of hydrogen-bond acceptors (Lipinski definition) is 4. The second-order valence-electron chi connectivity index (χ2n) is 4.52. The zero-order valence-electron chi connectivity index (χ0n) is 9.90. The highest BCUT2D eigenvalue weighted by Gasteiger charge is 2.17. The summed E-state index contributed by atoms with van der Waals surface area (Å²) in [5, 5.41) is 15.1. The van der Waals surface area contributed by atoms with Crippen LogP contribution in [-0.2, 0) is 0 Å². The molecule has 0 amide bonds. The van der Waals surface area contributed by atoms with Gasteiger partial charge in [-0.05, 0) is 25.2 Å². The van der Waals surface area contributed by atoms with Gasteiger partial charge in [-0.25, -0.2) is 0 Å². The van der Waals surface area contributed by atoms with Gasteiger partial charge in [-0.3, -0.25) is 10.00 Å². The van der Waals surface area contributed by atoms with E-state index >= 15 is 0 Å². The molecular formula is C12H17N5. The summed E-state index contributed by atoms with van der Waals surface area (Å²) < 4.78 is 0. The minimum Gasteiger partial charge on any atom is -0.368 e. The van der Waals surface area contributed by atoms with E-state index in [-0.39, 0.29) is 0 Å². The van der Waals surface area contributed by atoms with Crippen LogP contribution in [0.25, 0.3) is 10.9 Å². The van der Waals surface area contributed by atoms with Gasteiger partial charge in [0.2, 0.25) is 0 Å². The van der Waals surface area contributed by atoms with Gasteiger partial charge in [0.25, 0.3) is 0 Å². The van der Waals surface area contributed by atoms with Gasteiger partial charge in [-0.15, -0.1) is 0 Å². The third kappa shape index (κ3) is 2.11. The Morgan fingerprint density at radius 2 is 2.41 bits per heavy atom. The van der Waals surface area contributed by atoms with Crippen molar-refractivity contribution in [3.05, 3.63) is 24.4 Å². The van der Waals surface area contributed by atoms with E-state index in [0.29, 0.717) is 6.17 Å². The molecule has 0 saturated carbocycles. The molecule has 5 nitrogen and oxygen atoms in total. The van der Waals surface area contributed by atoms with Crippen molar-refractivity contribution >= 4 is 16.6 Å². The minimum absolute atomic E-state index is 0.355. The molecule has 3 N–H and O–H groups in total. The van der Waals surface area contributed by atoms with Crippen molar-refractivity contribution in [1.29, 1.82) is 0 Å². The minimum atomic E-state index is 0.355. The van der Waals surface area contributed by atoms with Gasteiger partial charge >= 0.3 is 0 Å². The molecule has 1 aromatic heterocycles. The monoisotopic (exact) mass is 231 g/mol. The molecule has 1 fully saturated rings. The smallest absolute Gasteiger partial charge is 0.0919 e. The molecular weight excluding hydrogens is 214 g/mol. The molecule has 1 aliphatic heterocycles. The maximum absolute atomic E-state index is 4.03. The number of nitrogens with zero attached hydrogens (tertiary/aromatic N) is 2. The van der Waals surface area contributed by atoms with Crippen LogP contribution in [0.5, 0.6) is 0 Å². The molecule has 90 valence electrons. The van der Waals surface area contributed by atoms with E-state index in [1.165, 1.54) is 0 Å². The molecule has 0 aliphatic carbocycles. The zero-order chi connectivity index (χ0) is 11.7. The first kappa shape index (κ1) is 10.6. The molecule has 1 aromatic carbocycles. The average molecular weight is 231 g/mol. The number of benzene rings is 1. The molecule has 1 atom stereocenters. The van der Waals surface area contributed by atoms with Crippen molar-refractivity contribution in [3.63, 3.8) is 0 Å². The van der Waals surface area contributed by atoms with Crippen LogP contribution in [-0.4, -0.2) is 47.9 Å². The number of fused-ring (bicyclic) bond motifs is 1. The number of piperazine rings is 1. The Morgan fingerprint density at radius 3 is 3.29 bits per heavy atom. The van der Waals surface area contributed by atoms with Gasteiger partial charge in [-0.1, -0.05) is 0 Å². The lowest BCUT2D eigenvalue weighted by atomic mass is 10.2. The van der Waals surface area contributed by atoms with E-state index in [1.54, 1.807) is 0 Å². The quantitative estimate of drug-likeness (QED) is 0.717. The Bertz CT molecular complexity index is 506. The topological polar surface area (TPSA) is 56.0 Å². The highest BCUT2D eigenvalue weighted by Crippen LogP contribution is 2.18. The van der Waals surface area contributed by atoms with Gasteiger partial charge in [0.15, 0.2) is 0 Å². The highest BCUT2D eigenvalue weighted by atomic mass is 15.3. The average Bonchev–Trinajstić information content (AvgIpc) is 2.79. The van der Waals surface area contributed by atoms with Crippen molar-refractivity contribution in [2.75, 3.05) is 32.0 Å². The molecule has 1 unspecified atom stereocenters. The van der Waals surface area contributed by atoms with Crippen LogP contribution in [0.2, 0.25) is 0 Å². The first-order valence-electron chi connectivity index (χ1n) is 5.93. The van der Waals surface area contributed by atoms with E-state index in [9.17, 15) is 0 Å². The standard InChI is InChI=1S/C12H17N5/c1-17-5-4-13-8-12(17)15-10-2-3-11-9(6-10)7-14-16-11/h2-3,6-7,12-13,15H,4-5,8H2,1H3,(H,14,16). The van der Waals surface area contributed by atoms with Crippen molar-refractivity contribution in [2.24, 2.45) is 0 Å². The molecule has 1 aliphatic rings. The van der Waals surface area contributed by atoms with Crippen molar-refractivity contribution in [2.45, 2.75) is 6.17 Å². The van der Waals surface area contributed by atoms with Crippen molar-refractivity contribution in [3.8, 4) is 0 Å². The fourth-order valence-electron chi connectivity index (χ4n) is 2.19. The van der Waals surface area contributed by atoms with Crippen molar-refractivity contribution in [1.82, 2.24) is 20.4 Å². The van der Waals surface area contributed by atoms with Gasteiger partial charge in [0.1, 0.15) is 0 Å². The predicted octanol–water partition coefficient (Wildman–Crippen LogP) is 0.836.